The van der Waals surface area contributed by atoms with Crippen LogP contribution in [0.3, 0.4) is 0 Å². The summed E-state index contributed by atoms with van der Waals surface area (Å²) in [6, 6.07) is 9.89. The molecule has 2 heterocycles. The van der Waals surface area contributed by atoms with Gasteiger partial charge in [0.1, 0.15) is 25.5 Å². The second kappa shape index (κ2) is 8.19. The van der Waals surface area contributed by atoms with Gasteiger partial charge in [-0.05, 0) is 24.3 Å². The van der Waals surface area contributed by atoms with Crippen molar-refractivity contribution >= 4 is 23.4 Å². The number of nitrogens with one attached hydrogen (secondary N) is 2. The number of carbonyl (C=O) groups excluding carboxylic acids is 3. The number of methoxy groups -OCH3 is 1. The lowest BCUT2D eigenvalue weighted by atomic mass is 10.1. The summed E-state index contributed by atoms with van der Waals surface area (Å²) >= 11 is 0. The third-order valence-electron chi connectivity index (χ3n) is 4.52. The molecule has 156 valence electrons. The number of carbonyl (C=O) groups is 3. The van der Waals surface area contributed by atoms with Crippen molar-refractivity contribution in [1.29, 1.82) is 0 Å². The molecule has 2 aromatic rings. The highest BCUT2D eigenvalue weighted by Gasteiger charge is 2.27. The number of fused-ring (bicyclic) bond motifs is 2. The normalized spacial score (nSPS) is 14.3. The number of rotatable bonds is 4. The van der Waals surface area contributed by atoms with Crippen LogP contribution < -0.4 is 34.7 Å². The second-order valence-electron chi connectivity index (χ2n) is 6.44. The van der Waals surface area contributed by atoms with Crippen LogP contribution in [0, 0.1) is 0 Å². The van der Waals surface area contributed by atoms with Gasteiger partial charge >= 0.3 is 0 Å². The van der Waals surface area contributed by atoms with Crippen molar-refractivity contribution in [3.05, 3.63) is 42.0 Å². The average Bonchev–Trinajstić information content (AvgIpc) is 2.78. The van der Waals surface area contributed by atoms with E-state index >= 15 is 0 Å². The van der Waals surface area contributed by atoms with Crippen molar-refractivity contribution in [2.24, 2.45) is 0 Å². The summed E-state index contributed by atoms with van der Waals surface area (Å²) in [7, 11) is 1.45. The lowest BCUT2D eigenvalue weighted by Gasteiger charge is -2.28. The molecule has 0 spiro atoms. The lowest BCUT2D eigenvalue weighted by Crippen LogP contribution is -2.49. The fourth-order valence-corrected chi connectivity index (χ4v) is 3.11. The monoisotopic (exact) mass is 413 g/mol. The number of anilines is 1. The summed E-state index contributed by atoms with van der Waals surface area (Å²) in [5, 5.41) is 0. The lowest BCUT2D eigenvalue weighted by molar-refractivity contribution is -0.125. The number of para-hydroxylation sites is 2. The number of hydrogen-bond acceptors (Lipinski definition) is 7. The van der Waals surface area contributed by atoms with Gasteiger partial charge in [0.15, 0.2) is 18.1 Å². The molecule has 0 saturated carbocycles. The molecule has 30 heavy (non-hydrogen) atoms. The van der Waals surface area contributed by atoms with Gasteiger partial charge in [-0.25, -0.2) is 0 Å². The van der Waals surface area contributed by atoms with Crippen molar-refractivity contribution in [3.8, 4) is 23.0 Å². The summed E-state index contributed by atoms with van der Waals surface area (Å²) < 4.78 is 21.6. The van der Waals surface area contributed by atoms with Crippen LogP contribution in [0.2, 0.25) is 0 Å². The van der Waals surface area contributed by atoms with Gasteiger partial charge in [0, 0.05) is 5.56 Å². The number of hydrogen-bond donors (Lipinski definition) is 2. The maximum Gasteiger partial charge on any atom is 0.269 e. The van der Waals surface area contributed by atoms with Crippen molar-refractivity contribution in [3.63, 3.8) is 0 Å². The first kappa shape index (κ1) is 19.4. The predicted octanol–water partition coefficient (Wildman–Crippen LogP) is 0.653. The van der Waals surface area contributed by atoms with E-state index in [1.54, 1.807) is 24.3 Å². The Labute approximate surface area is 171 Å². The molecule has 3 amide bonds. The molecular formula is C20H19N3O7. The summed E-state index contributed by atoms with van der Waals surface area (Å²) in [5.74, 6) is 0.162. The summed E-state index contributed by atoms with van der Waals surface area (Å²) in [6.45, 7) is 0.305. The molecule has 10 heteroatoms. The molecule has 0 aromatic heterocycles. The Morgan fingerprint density at radius 1 is 1.07 bits per heavy atom. The standard InChI is InChI=1S/C20H19N3O7/c1-27-15-8-12(9-16-19(15)29-7-6-28-16)20(26)22-21-17(24)10-23-13-4-2-3-5-14(13)30-11-18(23)25/h2-5,8-9H,6-7,10-11H2,1H3,(H,21,24)(H,22,26). The van der Waals surface area contributed by atoms with Crippen LogP contribution in [0.5, 0.6) is 23.0 Å². The van der Waals surface area contributed by atoms with Crippen molar-refractivity contribution in [2.75, 3.05) is 38.4 Å². The van der Waals surface area contributed by atoms with Gasteiger partial charge in [-0.1, -0.05) is 12.1 Å². The molecule has 0 aliphatic carbocycles. The van der Waals surface area contributed by atoms with Gasteiger partial charge in [0.2, 0.25) is 5.75 Å². The average molecular weight is 413 g/mol. The molecule has 0 atom stereocenters. The zero-order chi connectivity index (χ0) is 21.1. The van der Waals surface area contributed by atoms with Gasteiger partial charge in [-0.2, -0.15) is 0 Å². The first-order valence-corrected chi connectivity index (χ1v) is 9.16. The Bertz CT molecular complexity index is 991. The van der Waals surface area contributed by atoms with Gasteiger partial charge in [0.25, 0.3) is 17.7 Å². The van der Waals surface area contributed by atoms with Crippen LogP contribution in [0.4, 0.5) is 5.69 Å². The third kappa shape index (κ3) is 3.79. The van der Waals surface area contributed by atoms with E-state index in [2.05, 4.69) is 10.9 Å². The minimum absolute atomic E-state index is 0.159. The van der Waals surface area contributed by atoms with E-state index in [9.17, 15) is 14.4 Å². The molecular weight excluding hydrogens is 394 g/mol. The molecule has 2 aromatic carbocycles. The number of benzene rings is 2. The van der Waals surface area contributed by atoms with E-state index < -0.39 is 11.8 Å². The van der Waals surface area contributed by atoms with Gasteiger partial charge < -0.3 is 18.9 Å². The van der Waals surface area contributed by atoms with E-state index in [0.29, 0.717) is 41.9 Å². The van der Waals surface area contributed by atoms with Crippen LogP contribution in [0.1, 0.15) is 10.4 Å². The molecule has 0 bridgehead atoms. The predicted molar refractivity (Wildman–Crippen MR) is 104 cm³/mol. The van der Waals surface area contributed by atoms with Crippen molar-refractivity contribution in [1.82, 2.24) is 10.9 Å². The molecule has 10 nitrogen and oxygen atoms in total. The van der Waals surface area contributed by atoms with E-state index in [1.165, 1.54) is 24.1 Å². The van der Waals surface area contributed by atoms with Gasteiger partial charge in [-0.15, -0.1) is 0 Å². The molecule has 0 unspecified atom stereocenters. The van der Waals surface area contributed by atoms with Crippen LogP contribution in [-0.4, -0.2) is 51.2 Å². The SMILES string of the molecule is COc1cc(C(=O)NNC(=O)CN2C(=O)COc3ccccc32)cc2c1OCCO2. The van der Waals surface area contributed by atoms with Crippen LogP contribution in [-0.2, 0) is 9.59 Å². The largest absolute Gasteiger partial charge is 0.493 e. The first-order valence-electron chi connectivity index (χ1n) is 9.16. The Balaban J connectivity index is 1.41. The zero-order valence-electron chi connectivity index (χ0n) is 16.1. The first-order chi connectivity index (χ1) is 14.6. The number of hydrazine groups is 1. The van der Waals surface area contributed by atoms with E-state index in [-0.39, 0.29) is 24.6 Å². The Morgan fingerprint density at radius 2 is 1.87 bits per heavy atom. The summed E-state index contributed by atoms with van der Waals surface area (Å²) in [4.78, 5) is 38.3. The smallest absolute Gasteiger partial charge is 0.269 e. The highest BCUT2D eigenvalue weighted by atomic mass is 16.6. The van der Waals surface area contributed by atoms with Crippen LogP contribution in [0.15, 0.2) is 36.4 Å². The minimum atomic E-state index is -0.577. The van der Waals surface area contributed by atoms with Gasteiger partial charge in [0.05, 0.1) is 12.8 Å². The topological polar surface area (TPSA) is 115 Å². The third-order valence-corrected chi connectivity index (χ3v) is 4.52. The Kier molecular flexibility index (Phi) is 5.29. The maximum atomic E-state index is 12.5. The molecule has 2 N–H and O–H groups in total. The van der Waals surface area contributed by atoms with E-state index in [0.717, 1.165) is 0 Å². The highest BCUT2D eigenvalue weighted by molar-refractivity contribution is 6.03. The second-order valence-corrected chi connectivity index (χ2v) is 6.44. The number of ether oxygens (including phenoxy) is 4. The van der Waals surface area contributed by atoms with Crippen LogP contribution in [0.25, 0.3) is 0 Å². The maximum absolute atomic E-state index is 12.5. The van der Waals surface area contributed by atoms with E-state index in [4.69, 9.17) is 18.9 Å². The number of nitrogens with zero attached hydrogens (tertiary/aromatic N) is 1. The fraction of sp³-hybridized carbons (Fsp3) is 0.250. The zero-order valence-corrected chi connectivity index (χ0v) is 16.1. The quantitative estimate of drug-likeness (QED) is 0.708. The summed E-state index contributed by atoms with van der Waals surface area (Å²) in [5.41, 5.74) is 5.34. The number of amides is 3. The minimum Gasteiger partial charge on any atom is -0.493 e. The van der Waals surface area contributed by atoms with Crippen molar-refractivity contribution in [2.45, 2.75) is 0 Å². The highest BCUT2D eigenvalue weighted by Crippen LogP contribution is 2.40. The molecule has 2 aliphatic heterocycles. The molecule has 0 fully saturated rings. The molecule has 2 aliphatic rings. The van der Waals surface area contributed by atoms with Crippen LogP contribution >= 0.6 is 0 Å². The van der Waals surface area contributed by atoms with Gasteiger partial charge in [-0.3, -0.25) is 30.1 Å². The molecule has 0 saturated heterocycles. The van der Waals surface area contributed by atoms with E-state index in [1.807, 2.05) is 0 Å². The molecule has 0 radical (unpaired) electrons. The molecule has 4 rings (SSSR count). The Hall–Kier alpha value is -3.95. The Morgan fingerprint density at radius 3 is 2.70 bits per heavy atom. The fourth-order valence-electron chi connectivity index (χ4n) is 3.11. The van der Waals surface area contributed by atoms with Crippen molar-refractivity contribution < 1.29 is 33.3 Å². The summed E-state index contributed by atoms with van der Waals surface area (Å²) in [6.07, 6.45) is 0.